The van der Waals surface area contributed by atoms with Gasteiger partial charge in [0.05, 0.1) is 11.4 Å². The summed E-state index contributed by atoms with van der Waals surface area (Å²) < 4.78 is 0. The zero-order chi connectivity index (χ0) is 18.2. The van der Waals surface area contributed by atoms with E-state index in [0.717, 1.165) is 22.5 Å². The molecule has 0 radical (unpaired) electrons. The van der Waals surface area contributed by atoms with Crippen LogP contribution in [0.2, 0.25) is 0 Å². The predicted molar refractivity (Wildman–Crippen MR) is 113 cm³/mol. The fourth-order valence-corrected chi connectivity index (χ4v) is 2.50. The van der Waals surface area contributed by atoms with E-state index in [0.29, 0.717) is 0 Å². The van der Waals surface area contributed by atoms with Crippen LogP contribution in [0.5, 0.6) is 0 Å². The predicted octanol–water partition coefficient (Wildman–Crippen LogP) is 5.28. The third kappa shape index (κ3) is 4.84. The average Bonchev–Trinajstić information content (AvgIpc) is 2.70. The van der Waals surface area contributed by atoms with Gasteiger partial charge in [-0.3, -0.25) is 5.43 Å². The highest BCUT2D eigenvalue weighted by molar-refractivity contribution is 6.11. The van der Waals surface area contributed by atoms with Crippen molar-refractivity contribution in [3.8, 4) is 0 Å². The first-order chi connectivity index (χ1) is 12.7. The van der Waals surface area contributed by atoms with Gasteiger partial charge in [-0.15, -0.1) is 0 Å². The van der Waals surface area contributed by atoms with E-state index < -0.39 is 0 Å². The van der Waals surface area contributed by atoms with Crippen LogP contribution >= 0.6 is 0 Å². The summed E-state index contributed by atoms with van der Waals surface area (Å²) in [6, 6.07) is 28.6. The van der Waals surface area contributed by atoms with Crippen molar-refractivity contribution in [2.24, 2.45) is 5.10 Å². The molecule has 3 aromatic carbocycles. The number of hydrogen-bond acceptors (Lipinski definition) is 3. The van der Waals surface area contributed by atoms with Crippen molar-refractivity contribution in [1.82, 2.24) is 0 Å². The normalized spacial score (nSPS) is 11.5. The summed E-state index contributed by atoms with van der Waals surface area (Å²) in [6.45, 7) is 0. The van der Waals surface area contributed by atoms with Crippen LogP contribution in [0.1, 0.15) is 11.1 Å². The van der Waals surface area contributed by atoms with Crippen LogP contribution in [0.25, 0.3) is 6.08 Å². The molecule has 0 atom stereocenters. The molecule has 0 spiro atoms. The fourth-order valence-electron chi connectivity index (χ4n) is 2.50. The van der Waals surface area contributed by atoms with Gasteiger partial charge in [-0.2, -0.15) is 5.10 Å². The van der Waals surface area contributed by atoms with Crippen molar-refractivity contribution in [3.63, 3.8) is 0 Å². The smallest absolute Gasteiger partial charge is 0.0905 e. The van der Waals surface area contributed by atoms with Gasteiger partial charge in [0.1, 0.15) is 0 Å². The lowest BCUT2D eigenvalue weighted by atomic mass is 10.1. The van der Waals surface area contributed by atoms with Gasteiger partial charge in [0.2, 0.25) is 0 Å². The average molecular weight is 341 g/mol. The first-order valence-electron chi connectivity index (χ1n) is 8.62. The Labute approximate surface area is 155 Å². The maximum Gasteiger partial charge on any atom is 0.0905 e. The molecule has 0 amide bonds. The number of para-hydroxylation sites is 1. The summed E-state index contributed by atoms with van der Waals surface area (Å²) in [5.41, 5.74) is 8.37. The first kappa shape index (κ1) is 17.5. The van der Waals surface area contributed by atoms with E-state index in [1.54, 1.807) is 0 Å². The Hall–Kier alpha value is -3.33. The third-order valence-electron chi connectivity index (χ3n) is 3.99. The molecule has 0 aliphatic carbocycles. The van der Waals surface area contributed by atoms with Crippen molar-refractivity contribution in [3.05, 3.63) is 102 Å². The Morgan fingerprint density at radius 1 is 0.808 bits per heavy atom. The molecule has 0 aromatic heterocycles. The molecule has 0 aliphatic rings. The van der Waals surface area contributed by atoms with Crippen molar-refractivity contribution in [2.75, 3.05) is 24.4 Å². The Balaban J connectivity index is 1.83. The number of anilines is 2. The molecule has 1 N–H and O–H groups in total. The van der Waals surface area contributed by atoms with Crippen molar-refractivity contribution in [1.29, 1.82) is 0 Å². The molecular formula is C23H23N3. The van der Waals surface area contributed by atoms with E-state index in [9.17, 15) is 0 Å². The number of nitrogens with one attached hydrogen (secondary N) is 1. The van der Waals surface area contributed by atoms with Crippen LogP contribution in [-0.2, 0) is 0 Å². The maximum atomic E-state index is 4.60. The standard InChI is InChI=1S/C23H23N3/c1-26(2)22-16-13-19(14-17-22)15-18-23(20-9-5-3-6-10-20)25-24-21-11-7-4-8-12-21/h3-18,24H,1-2H3/b18-15+,25-23+. The highest BCUT2D eigenvalue weighted by Crippen LogP contribution is 2.14. The number of hydrogen-bond donors (Lipinski definition) is 1. The fraction of sp³-hybridized carbons (Fsp3) is 0.0870. The number of benzene rings is 3. The molecule has 0 aliphatic heterocycles. The number of rotatable bonds is 6. The number of nitrogens with zero attached hydrogens (tertiary/aromatic N) is 2. The van der Waals surface area contributed by atoms with E-state index in [1.807, 2.05) is 68.7 Å². The monoisotopic (exact) mass is 341 g/mol. The molecule has 0 saturated heterocycles. The van der Waals surface area contributed by atoms with Gasteiger partial charge in [0.25, 0.3) is 0 Å². The summed E-state index contributed by atoms with van der Waals surface area (Å²) in [7, 11) is 4.08. The minimum atomic E-state index is 0.881. The van der Waals surface area contributed by atoms with E-state index in [1.165, 1.54) is 5.69 Å². The van der Waals surface area contributed by atoms with Gasteiger partial charge in [-0.05, 0) is 35.9 Å². The lowest BCUT2D eigenvalue weighted by molar-refractivity contribution is 1.13. The summed E-state index contributed by atoms with van der Waals surface area (Å²) in [4.78, 5) is 2.09. The van der Waals surface area contributed by atoms with E-state index >= 15 is 0 Å². The van der Waals surface area contributed by atoms with Gasteiger partial charge < -0.3 is 4.90 Å². The van der Waals surface area contributed by atoms with E-state index in [2.05, 4.69) is 57.9 Å². The van der Waals surface area contributed by atoms with Crippen LogP contribution < -0.4 is 10.3 Å². The number of allylic oxidation sites excluding steroid dienone is 1. The molecule has 0 saturated carbocycles. The van der Waals surface area contributed by atoms with Crippen LogP contribution in [0.4, 0.5) is 11.4 Å². The number of hydrazone groups is 1. The molecule has 3 rings (SSSR count). The topological polar surface area (TPSA) is 27.6 Å². The molecule has 3 aromatic rings. The molecule has 0 bridgehead atoms. The van der Waals surface area contributed by atoms with Crippen LogP contribution in [0.3, 0.4) is 0 Å². The maximum absolute atomic E-state index is 4.60. The Morgan fingerprint density at radius 2 is 1.42 bits per heavy atom. The van der Waals surface area contributed by atoms with E-state index in [4.69, 9.17) is 0 Å². The zero-order valence-electron chi connectivity index (χ0n) is 15.1. The Morgan fingerprint density at radius 3 is 2.04 bits per heavy atom. The van der Waals surface area contributed by atoms with Crippen LogP contribution in [0.15, 0.2) is 96.1 Å². The van der Waals surface area contributed by atoms with Gasteiger partial charge in [0.15, 0.2) is 0 Å². The highest BCUT2D eigenvalue weighted by Gasteiger charge is 2.00. The lowest BCUT2D eigenvalue weighted by Crippen LogP contribution is -2.07. The lowest BCUT2D eigenvalue weighted by Gasteiger charge is -2.11. The largest absolute Gasteiger partial charge is 0.378 e. The molecule has 130 valence electrons. The van der Waals surface area contributed by atoms with Gasteiger partial charge in [-0.25, -0.2) is 0 Å². The van der Waals surface area contributed by atoms with E-state index in [-0.39, 0.29) is 0 Å². The van der Waals surface area contributed by atoms with Gasteiger partial charge >= 0.3 is 0 Å². The second kappa shape index (κ2) is 8.67. The summed E-state index contributed by atoms with van der Waals surface area (Å²) in [5.74, 6) is 0. The quantitative estimate of drug-likeness (QED) is 0.488. The molecule has 0 heterocycles. The highest BCUT2D eigenvalue weighted by atomic mass is 15.3. The Kier molecular flexibility index (Phi) is 5.84. The van der Waals surface area contributed by atoms with Gasteiger partial charge in [0, 0.05) is 25.3 Å². The van der Waals surface area contributed by atoms with Crippen molar-refractivity contribution >= 4 is 23.2 Å². The second-order valence-electron chi connectivity index (χ2n) is 6.16. The molecule has 0 unspecified atom stereocenters. The zero-order valence-corrected chi connectivity index (χ0v) is 15.1. The van der Waals surface area contributed by atoms with Crippen LogP contribution in [-0.4, -0.2) is 19.8 Å². The summed E-state index contributed by atoms with van der Waals surface area (Å²) in [5, 5.41) is 4.60. The molecule has 26 heavy (non-hydrogen) atoms. The van der Waals surface area contributed by atoms with Crippen molar-refractivity contribution < 1.29 is 0 Å². The van der Waals surface area contributed by atoms with Crippen molar-refractivity contribution in [2.45, 2.75) is 0 Å². The van der Waals surface area contributed by atoms with Gasteiger partial charge in [-0.1, -0.05) is 66.7 Å². The molecular weight excluding hydrogens is 318 g/mol. The molecule has 3 nitrogen and oxygen atoms in total. The molecule has 3 heteroatoms. The summed E-state index contributed by atoms with van der Waals surface area (Å²) in [6.07, 6.45) is 4.12. The SMILES string of the molecule is CN(C)c1ccc(/C=C/C(=N\Nc2ccccc2)c2ccccc2)cc1. The third-order valence-corrected chi connectivity index (χ3v) is 3.99. The first-order valence-corrected chi connectivity index (χ1v) is 8.62. The Bertz CT molecular complexity index is 864. The van der Waals surface area contributed by atoms with Crippen LogP contribution in [0, 0.1) is 0 Å². The minimum Gasteiger partial charge on any atom is -0.378 e. The second-order valence-corrected chi connectivity index (χ2v) is 6.16. The minimum absolute atomic E-state index is 0.881. The molecule has 0 fully saturated rings. The summed E-state index contributed by atoms with van der Waals surface area (Å²) >= 11 is 0.